The fourth-order valence-corrected chi connectivity index (χ4v) is 4.21. The van der Waals surface area contributed by atoms with Crippen LogP contribution in [0.5, 0.6) is 5.75 Å². The minimum atomic E-state index is -0.242. The van der Waals surface area contributed by atoms with E-state index in [-0.39, 0.29) is 10.6 Å². The van der Waals surface area contributed by atoms with Crippen molar-refractivity contribution in [2.24, 2.45) is 0 Å². The Kier molecular flexibility index (Phi) is 5.34. The molecule has 0 aromatic heterocycles. The third-order valence-corrected chi connectivity index (χ3v) is 5.62. The molecule has 2 aliphatic heterocycles. The lowest BCUT2D eigenvalue weighted by Gasteiger charge is -2.25. The first-order chi connectivity index (χ1) is 13.7. The van der Waals surface area contributed by atoms with Crippen LogP contribution >= 0.6 is 0 Å². The van der Waals surface area contributed by atoms with Crippen LogP contribution in [0.15, 0.2) is 36.4 Å². The molecule has 0 aliphatic carbocycles. The maximum Gasteiger partial charge on any atom is 0.292 e. The van der Waals surface area contributed by atoms with E-state index in [1.165, 1.54) is 5.56 Å². The molecule has 0 radical (unpaired) electrons. The molecule has 2 aromatic rings. The first-order valence-electron chi connectivity index (χ1n) is 9.80. The van der Waals surface area contributed by atoms with Gasteiger partial charge in [0.15, 0.2) is 0 Å². The first-order valence-corrected chi connectivity index (χ1v) is 9.80. The highest BCUT2D eigenvalue weighted by atomic mass is 16.6. The Morgan fingerprint density at radius 2 is 1.93 bits per heavy atom. The number of methoxy groups -OCH3 is 1. The molecule has 0 unspecified atom stereocenters. The molecule has 7 nitrogen and oxygen atoms in total. The largest absolute Gasteiger partial charge is 0.497 e. The quantitative estimate of drug-likeness (QED) is 0.632. The zero-order valence-corrected chi connectivity index (χ0v) is 16.2. The molecule has 4 rings (SSSR count). The van der Waals surface area contributed by atoms with E-state index in [2.05, 4.69) is 27.2 Å². The molecule has 1 saturated heterocycles. The van der Waals surface area contributed by atoms with Gasteiger partial charge in [-0.1, -0.05) is 12.1 Å². The number of rotatable bonds is 5. The average molecular weight is 382 g/mol. The molecule has 148 valence electrons. The molecule has 0 atom stereocenters. The highest BCUT2D eigenvalue weighted by Gasteiger charge is 2.28. The molecule has 28 heavy (non-hydrogen) atoms. The third kappa shape index (κ3) is 3.75. The lowest BCUT2D eigenvalue weighted by molar-refractivity contribution is -0.384. The molecular weight excluding hydrogens is 356 g/mol. The van der Waals surface area contributed by atoms with Gasteiger partial charge < -0.3 is 15.0 Å². The van der Waals surface area contributed by atoms with Crippen molar-refractivity contribution in [3.63, 3.8) is 0 Å². The van der Waals surface area contributed by atoms with Crippen LogP contribution in [-0.4, -0.2) is 49.7 Å². The number of benzene rings is 2. The summed E-state index contributed by atoms with van der Waals surface area (Å²) in [7, 11) is 1.67. The predicted molar refractivity (Wildman–Crippen MR) is 110 cm³/mol. The van der Waals surface area contributed by atoms with Gasteiger partial charge in [0.05, 0.1) is 12.0 Å². The standard InChI is InChI=1S/C21H26N4O3/c1-28-17-5-3-16(4-6-17)15-23-11-2-12-24(14-13-23)21-18-9-10-22-19(18)7-8-20(21)25(26)27/h3-8,22H,2,9-15H2,1H3. The number of hydrogen-bond donors (Lipinski definition) is 1. The average Bonchev–Trinajstić information content (AvgIpc) is 3.07. The minimum absolute atomic E-state index is 0.228. The second-order valence-electron chi connectivity index (χ2n) is 7.36. The fraction of sp³-hybridized carbons (Fsp3) is 0.429. The number of fused-ring (bicyclic) bond motifs is 1. The van der Waals surface area contributed by atoms with Crippen LogP contribution in [0.4, 0.5) is 17.1 Å². The van der Waals surface area contributed by atoms with Crippen LogP contribution in [0.3, 0.4) is 0 Å². The lowest BCUT2D eigenvalue weighted by atomic mass is 10.1. The first kappa shape index (κ1) is 18.6. The van der Waals surface area contributed by atoms with Crippen molar-refractivity contribution in [2.75, 3.05) is 50.1 Å². The number of nitro benzene ring substituents is 1. The summed E-state index contributed by atoms with van der Waals surface area (Å²) in [6.45, 7) is 5.25. The maximum absolute atomic E-state index is 11.6. The van der Waals surface area contributed by atoms with E-state index in [0.717, 1.165) is 74.8 Å². The zero-order chi connectivity index (χ0) is 19.5. The van der Waals surface area contributed by atoms with Gasteiger partial charge in [-0.25, -0.2) is 0 Å². The van der Waals surface area contributed by atoms with Crippen molar-refractivity contribution < 1.29 is 9.66 Å². The summed E-state index contributed by atoms with van der Waals surface area (Å²) in [6.07, 6.45) is 1.84. The number of nitrogens with one attached hydrogen (secondary N) is 1. The van der Waals surface area contributed by atoms with Gasteiger partial charge in [-0.3, -0.25) is 15.0 Å². The summed E-state index contributed by atoms with van der Waals surface area (Å²) in [5, 5.41) is 15.0. The summed E-state index contributed by atoms with van der Waals surface area (Å²) in [5.74, 6) is 0.865. The van der Waals surface area contributed by atoms with Crippen LogP contribution < -0.4 is 15.0 Å². The Morgan fingerprint density at radius 3 is 2.68 bits per heavy atom. The highest BCUT2D eigenvalue weighted by molar-refractivity contribution is 5.78. The normalized spacial score (nSPS) is 17.0. The molecule has 7 heteroatoms. The molecule has 2 aromatic carbocycles. The van der Waals surface area contributed by atoms with Crippen LogP contribution in [-0.2, 0) is 13.0 Å². The molecule has 1 N–H and O–H groups in total. The van der Waals surface area contributed by atoms with E-state index in [9.17, 15) is 10.1 Å². The van der Waals surface area contributed by atoms with E-state index < -0.39 is 0 Å². The molecule has 0 bridgehead atoms. The number of nitrogens with zero attached hydrogens (tertiary/aromatic N) is 3. The Bertz CT molecular complexity index is 853. The maximum atomic E-state index is 11.6. The Balaban J connectivity index is 1.50. The van der Waals surface area contributed by atoms with Crippen molar-refractivity contribution in [1.82, 2.24) is 4.90 Å². The molecule has 2 aliphatic rings. The van der Waals surface area contributed by atoms with Crippen LogP contribution in [0.2, 0.25) is 0 Å². The molecular formula is C21H26N4O3. The molecule has 0 saturated carbocycles. The molecule has 2 heterocycles. The van der Waals surface area contributed by atoms with Crippen molar-refractivity contribution in [1.29, 1.82) is 0 Å². The van der Waals surface area contributed by atoms with Crippen molar-refractivity contribution >= 4 is 17.1 Å². The van der Waals surface area contributed by atoms with E-state index in [1.807, 2.05) is 18.2 Å². The highest BCUT2D eigenvalue weighted by Crippen LogP contribution is 2.39. The summed E-state index contributed by atoms with van der Waals surface area (Å²) in [5.41, 5.74) is 4.44. The zero-order valence-electron chi connectivity index (χ0n) is 16.2. The Labute approximate surface area is 165 Å². The van der Waals surface area contributed by atoms with Crippen molar-refractivity contribution in [3.8, 4) is 5.75 Å². The van der Waals surface area contributed by atoms with E-state index >= 15 is 0 Å². The van der Waals surface area contributed by atoms with Gasteiger partial charge in [-0.05, 0) is 36.6 Å². The summed E-state index contributed by atoms with van der Waals surface area (Å²) in [6, 6.07) is 11.7. The Hall–Kier alpha value is -2.80. The molecule has 0 amide bonds. The van der Waals surface area contributed by atoms with Gasteiger partial charge in [-0.2, -0.15) is 0 Å². The topological polar surface area (TPSA) is 70.9 Å². The van der Waals surface area contributed by atoms with E-state index in [0.29, 0.717) is 0 Å². The Morgan fingerprint density at radius 1 is 1.11 bits per heavy atom. The third-order valence-electron chi connectivity index (χ3n) is 5.62. The van der Waals surface area contributed by atoms with E-state index in [4.69, 9.17) is 4.74 Å². The van der Waals surface area contributed by atoms with Gasteiger partial charge in [0.2, 0.25) is 0 Å². The number of ether oxygens (including phenoxy) is 1. The smallest absolute Gasteiger partial charge is 0.292 e. The summed E-state index contributed by atoms with van der Waals surface area (Å²) in [4.78, 5) is 16.0. The number of nitro groups is 1. The van der Waals surface area contributed by atoms with Gasteiger partial charge in [0.25, 0.3) is 5.69 Å². The lowest BCUT2D eigenvalue weighted by Crippen LogP contribution is -2.31. The second kappa shape index (κ2) is 8.06. The molecule has 0 spiro atoms. The van der Waals surface area contributed by atoms with Gasteiger partial charge in [0.1, 0.15) is 11.4 Å². The molecule has 1 fully saturated rings. The second-order valence-corrected chi connectivity index (χ2v) is 7.36. The SMILES string of the molecule is COc1ccc(CN2CCCN(c3c([N+](=O)[O-])ccc4c3CCN4)CC2)cc1. The van der Waals surface area contributed by atoms with E-state index in [1.54, 1.807) is 13.2 Å². The van der Waals surface area contributed by atoms with Crippen molar-refractivity contribution in [2.45, 2.75) is 19.4 Å². The minimum Gasteiger partial charge on any atom is -0.497 e. The van der Waals surface area contributed by atoms with Crippen LogP contribution in [0.1, 0.15) is 17.5 Å². The number of hydrogen-bond acceptors (Lipinski definition) is 6. The predicted octanol–water partition coefficient (Wildman–Crippen LogP) is 3.28. The number of anilines is 2. The summed E-state index contributed by atoms with van der Waals surface area (Å²) < 4.78 is 5.23. The van der Waals surface area contributed by atoms with Crippen LogP contribution in [0, 0.1) is 10.1 Å². The van der Waals surface area contributed by atoms with Gasteiger partial charge in [-0.15, -0.1) is 0 Å². The monoisotopic (exact) mass is 382 g/mol. The summed E-state index contributed by atoms with van der Waals surface area (Å²) >= 11 is 0. The van der Waals surface area contributed by atoms with Crippen molar-refractivity contribution in [3.05, 3.63) is 57.6 Å². The van der Waals surface area contributed by atoms with Gasteiger partial charge in [0, 0.05) is 56.6 Å². The van der Waals surface area contributed by atoms with Gasteiger partial charge >= 0.3 is 0 Å². The fourth-order valence-electron chi connectivity index (χ4n) is 4.21. The van der Waals surface area contributed by atoms with Crippen LogP contribution in [0.25, 0.3) is 0 Å².